The molecule has 0 radical (unpaired) electrons. The van der Waals surface area contributed by atoms with Crippen LogP contribution < -0.4 is 5.32 Å². The number of carbonyl (C=O) groups excluding carboxylic acids is 2. The van der Waals surface area contributed by atoms with Crippen LogP contribution in [-0.2, 0) is 16.1 Å². The summed E-state index contributed by atoms with van der Waals surface area (Å²) in [5.74, 6) is -0.910. The molecule has 2 N–H and O–H groups in total. The maximum Gasteiger partial charge on any atom is 0.247 e. The molecule has 27 heavy (non-hydrogen) atoms. The topological polar surface area (TPSA) is 65.2 Å². The van der Waals surface area contributed by atoms with Gasteiger partial charge in [0.2, 0.25) is 11.8 Å². The monoisotopic (exact) mass is 385 g/mol. The van der Waals surface area contributed by atoms with Crippen LogP contribution in [0, 0.1) is 5.82 Å². The lowest BCUT2D eigenvalue weighted by Gasteiger charge is -2.24. The van der Waals surface area contributed by atoms with E-state index in [-0.39, 0.29) is 16.8 Å². The first-order valence-electron chi connectivity index (χ1n) is 8.63. The highest BCUT2D eigenvalue weighted by Gasteiger charge is 2.36. The quantitative estimate of drug-likeness (QED) is 0.710. The maximum absolute atomic E-state index is 13.3. The van der Waals surface area contributed by atoms with Crippen molar-refractivity contribution in [2.45, 2.75) is 25.4 Å². The normalized spacial score (nSPS) is 16.9. The second-order valence-electron chi connectivity index (χ2n) is 6.55. The van der Waals surface area contributed by atoms with E-state index in [9.17, 15) is 14.0 Å². The lowest BCUT2D eigenvalue weighted by atomic mass is 10.1. The van der Waals surface area contributed by atoms with Gasteiger partial charge in [0, 0.05) is 35.8 Å². The number of halogens is 2. The van der Waals surface area contributed by atoms with Crippen LogP contribution in [0.1, 0.15) is 18.4 Å². The average molecular weight is 386 g/mol. The Morgan fingerprint density at radius 2 is 2.11 bits per heavy atom. The lowest BCUT2D eigenvalue weighted by molar-refractivity contribution is -0.133. The number of rotatable bonds is 4. The van der Waals surface area contributed by atoms with Crippen LogP contribution in [0.4, 0.5) is 10.1 Å². The zero-order chi connectivity index (χ0) is 19.0. The maximum atomic E-state index is 13.3. The molecule has 2 aromatic carbocycles. The van der Waals surface area contributed by atoms with Gasteiger partial charge in [0.1, 0.15) is 11.9 Å². The Morgan fingerprint density at radius 3 is 2.93 bits per heavy atom. The summed E-state index contributed by atoms with van der Waals surface area (Å²) in [5, 5.41) is 3.69. The summed E-state index contributed by atoms with van der Waals surface area (Å²) in [7, 11) is 0. The molecule has 1 aliphatic rings. The van der Waals surface area contributed by atoms with E-state index in [0.29, 0.717) is 25.1 Å². The van der Waals surface area contributed by atoms with Gasteiger partial charge in [0.05, 0.1) is 5.02 Å². The van der Waals surface area contributed by atoms with Crippen molar-refractivity contribution < 1.29 is 14.0 Å². The first-order valence-corrected chi connectivity index (χ1v) is 9.01. The number of carbonyl (C=O) groups is 2. The van der Waals surface area contributed by atoms with Crippen LogP contribution >= 0.6 is 11.6 Å². The van der Waals surface area contributed by atoms with Gasteiger partial charge in [-0.1, -0.05) is 29.8 Å². The fourth-order valence-electron chi connectivity index (χ4n) is 3.45. The smallest absolute Gasteiger partial charge is 0.247 e. The predicted octanol–water partition coefficient (Wildman–Crippen LogP) is 4.09. The van der Waals surface area contributed by atoms with Crippen molar-refractivity contribution in [3.63, 3.8) is 0 Å². The number of aromatic nitrogens is 1. The van der Waals surface area contributed by atoms with Gasteiger partial charge in [-0.3, -0.25) is 9.59 Å². The van der Waals surface area contributed by atoms with Crippen LogP contribution in [0.25, 0.3) is 10.9 Å². The fraction of sp³-hybridized carbons (Fsp3) is 0.200. The van der Waals surface area contributed by atoms with Crippen LogP contribution in [0.15, 0.2) is 48.7 Å². The third kappa shape index (κ3) is 3.40. The molecule has 1 aliphatic heterocycles. The Morgan fingerprint density at radius 1 is 1.30 bits per heavy atom. The van der Waals surface area contributed by atoms with Crippen LogP contribution in [0.2, 0.25) is 5.02 Å². The second-order valence-corrected chi connectivity index (χ2v) is 6.96. The molecule has 1 aromatic heterocycles. The minimum absolute atomic E-state index is 0.0578. The minimum atomic E-state index is -0.574. The highest BCUT2D eigenvalue weighted by Crippen LogP contribution is 2.27. The highest BCUT2D eigenvalue weighted by molar-refractivity contribution is 6.31. The Hall–Kier alpha value is -2.86. The minimum Gasteiger partial charge on any atom is -0.361 e. The van der Waals surface area contributed by atoms with E-state index in [1.165, 1.54) is 18.2 Å². The Labute approximate surface area is 160 Å². The molecule has 4 rings (SSSR count). The molecule has 7 heteroatoms. The van der Waals surface area contributed by atoms with Crippen molar-refractivity contribution in [3.8, 4) is 0 Å². The molecule has 5 nitrogen and oxygen atoms in total. The summed E-state index contributed by atoms with van der Waals surface area (Å²) in [6, 6.07) is 11.2. The number of para-hydroxylation sites is 1. The second kappa shape index (κ2) is 7.04. The molecule has 0 spiro atoms. The number of aromatic amines is 1. The van der Waals surface area contributed by atoms with Gasteiger partial charge in [0.15, 0.2) is 0 Å². The summed E-state index contributed by atoms with van der Waals surface area (Å²) in [4.78, 5) is 29.9. The first kappa shape index (κ1) is 17.5. The third-order valence-electron chi connectivity index (χ3n) is 4.83. The first-order chi connectivity index (χ1) is 13.0. The largest absolute Gasteiger partial charge is 0.361 e. The van der Waals surface area contributed by atoms with Crippen molar-refractivity contribution in [2.24, 2.45) is 0 Å². The highest BCUT2D eigenvalue weighted by atomic mass is 35.5. The van der Waals surface area contributed by atoms with Crippen molar-refractivity contribution in [2.75, 3.05) is 5.32 Å². The summed E-state index contributed by atoms with van der Waals surface area (Å²) in [6.07, 6.45) is 2.64. The Kier molecular flexibility index (Phi) is 4.58. The third-order valence-corrected chi connectivity index (χ3v) is 5.12. The molecule has 1 fully saturated rings. The number of amides is 2. The molecule has 0 aliphatic carbocycles. The van der Waals surface area contributed by atoms with Gasteiger partial charge in [-0.15, -0.1) is 0 Å². The molecule has 0 saturated carbocycles. The molecule has 138 valence electrons. The standard InChI is InChI=1S/C20H17ClFN3O2/c21-15-9-13(5-6-16(15)22)24-20(27)18-7-8-19(26)25(18)11-12-10-23-17-4-2-1-3-14(12)17/h1-6,9-10,18,23H,7-8,11H2,(H,24,27). The number of hydrogen-bond donors (Lipinski definition) is 2. The Bertz CT molecular complexity index is 1030. The predicted molar refractivity (Wildman–Crippen MR) is 102 cm³/mol. The van der Waals surface area contributed by atoms with Crippen LogP contribution in [-0.4, -0.2) is 27.7 Å². The van der Waals surface area contributed by atoms with E-state index in [2.05, 4.69) is 10.3 Å². The number of benzene rings is 2. The molecule has 0 bridgehead atoms. The molecule has 1 saturated heterocycles. The number of nitrogens with one attached hydrogen (secondary N) is 2. The van der Waals surface area contributed by atoms with E-state index in [4.69, 9.17) is 11.6 Å². The lowest BCUT2D eigenvalue weighted by Crippen LogP contribution is -2.41. The number of likely N-dealkylation sites (tertiary alicyclic amines) is 1. The average Bonchev–Trinajstić information content (AvgIpc) is 3.23. The van der Waals surface area contributed by atoms with Crippen molar-refractivity contribution >= 4 is 40.0 Å². The van der Waals surface area contributed by atoms with Crippen LogP contribution in [0.3, 0.4) is 0 Å². The summed E-state index contributed by atoms with van der Waals surface area (Å²) >= 11 is 5.76. The molecule has 2 amide bonds. The van der Waals surface area contributed by atoms with Crippen molar-refractivity contribution in [3.05, 3.63) is 65.1 Å². The van der Waals surface area contributed by atoms with Gasteiger partial charge in [-0.25, -0.2) is 4.39 Å². The van der Waals surface area contributed by atoms with E-state index in [1.54, 1.807) is 4.90 Å². The van der Waals surface area contributed by atoms with E-state index >= 15 is 0 Å². The number of anilines is 1. The fourth-order valence-corrected chi connectivity index (χ4v) is 3.63. The summed E-state index contributed by atoms with van der Waals surface area (Å²) < 4.78 is 13.3. The molecular formula is C20H17ClFN3O2. The zero-order valence-corrected chi connectivity index (χ0v) is 15.1. The number of nitrogens with zero attached hydrogens (tertiary/aromatic N) is 1. The molecule has 1 unspecified atom stereocenters. The Balaban J connectivity index is 1.53. The molecule has 1 atom stereocenters. The van der Waals surface area contributed by atoms with Gasteiger partial charge < -0.3 is 15.2 Å². The summed E-state index contributed by atoms with van der Waals surface area (Å²) in [6.45, 7) is 0.352. The number of fused-ring (bicyclic) bond motifs is 1. The molecule has 3 aromatic rings. The van der Waals surface area contributed by atoms with Gasteiger partial charge >= 0.3 is 0 Å². The SMILES string of the molecule is O=C(Nc1ccc(F)c(Cl)c1)C1CCC(=O)N1Cc1c[nH]c2ccccc12. The molecular weight excluding hydrogens is 369 g/mol. The zero-order valence-electron chi connectivity index (χ0n) is 14.3. The summed E-state index contributed by atoms with van der Waals surface area (Å²) in [5.41, 5.74) is 2.35. The van der Waals surface area contributed by atoms with Crippen LogP contribution in [0.5, 0.6) is 0 Å². The number of H-pyrrole nitrogens is 1. The van der Waals surface area contributed by atoms with Crippen molar-refractivity contribution in [1.29, 1.82) is 0 Å². The van der Waals surface area contributed by atoms with Gasteiger partial charge in [-0.2, -0.15) is 0 Å². The molecule has 2 heterocycles. The number of hydrogen-bond acceptors (Lipinski definition) is 2. The van der Waals surface area contributed by atoms with Gasteiger partial charge in [-0.05, 0) is 36.2 Å². The van der Waals surface area contributed by atoms with E-state index < -0.39 is 11.9 Å². The van der Waals surface area contributed by atoms with E-state index in [1.807, 2.05) is 30.5 Å². The van der Waals surface area contributed by atoms with E-state index in [0.717, 1.165) is 16.5 Å². The van der Waals surface area contributed by atoms with Gasteiger partial charge in [0.25, 0.3) is 0 Å². The van der Waals surface area contributed by atoms with Crippen molar-refractivity contribution in [1.82, 2.24) is 9.88 Å².